The first-order chi connectivity index (χ1) is 8.39. The first-order valence-corrected chi connectivity index (χ1v) is 6.69. The number of rotatable bonds is 6. The second-order valence-electron chi connectivity index (χ2n) is 4.66. The molecule has 1 aliphatic heterocycles. The molecular weight excluding hydrogens is 355 g/mol. The van der Waals surface area contributed by atoms with Gasteiger partial charge >= 0.3 is 0 Å². The average Bonchev–Trinajstić information content (AvgIpc) is 2.27. The smallest absolute Gasteiger partial charge is 0.183 e. The molecular formula is C11H21IO6. The highest BCUT2D eigenvalue weighted by molar-refractivity contribution is 14.1. The Morgan fingerprint density at radius 2 is 2.17 bits per heavy atom. The predicted molar refractivity (Wildman–Crippen MR) is 72.2 cm³/mol. The van der Waals surface area contributed by atoms with Crippen molar-refractivity contribution in [3.8, 4) is 0 Å². The van der Waals surface area contributed by atoms with Gasteiger partial charge in [0.2, 0.25) is 0 Å². The van der Waals surface area contributed by atoms with Gasteiger partial charge in [-0.2, -0.15) is 0 Å². The Hall–Kier alpha value is 0.490. The highest BCUT2D eigenvalue weighted by Gasteiger charge is 2.39. The summed E-state index contributed by atoms with van der Waals surface area (Å²) in [7, 11) is 1.48. The van der Waals surface area contributed by atoms with E-state index >= 15 is 0 Å². The molecule has 1 fully saturated rings. The van der Waals surface area contributed by atoms with Crippen molar-refractivity contribution in [2.75, 3.05) is 20.3 Å². The number of methoxy groups -OCH3 is 1. The fraction of sp³-hybridized carbons (Fsp3) is 1.00. The van der Waals surface area contributed by atoms with Crippen LogP contribution >= 0.6 is 23.0 Å². The van der Waals surface area contributed by atoms with Crippen molar-refractivity contribution in [2.45, 2.75) is 51.2 Å². The molecule has 108 valence electrons. The molecule has 0 bridgehead atoms. The zero-order valence-corrected chi connectivity index (χ0v) is 13.2. The third kappa shape index (κ3) is 4.87. The lowest BCUT2D eigenvalue weighted by Crippen LogP contribution is -2.53. The Morgan fingerprint density at radius 3 is 2.67 bits per heavy atom. The average molecular weight is 376 g/mol. The molecule has 7 heteroatoms. The lowest BCUT2D eigenvalue weighted by molar-refractivity contribution is -0.334. The van der Waals surface area contributed by atoms with Crippen LogP contribution < -0.4 is 0 Å². The maximum absolute atomic E-state index is 9.50. The van der Waals surface area contributed by atoms with Gasteiger partial charge in [0.1, 0.15) is 41.3 Å². The molecule has 1 heterocycles. The van der Waals surface area contributed by atoms with Crippen molar-refractivity contribution in [1.82, 2.24) is 0 Å². The lowest BCUT2D eigenvalue weighted by atomic mass is 10.1. The van der Waals surface area contributed by atoms with Gasteiger partial charge in [0.15, 0.2) is 12.1 Å². The Balaban J connectivity index is 2.62. The van der Waals surface area contributed by atoms with E-state index in [0.29, 0.717) is 13.2 Å². The van der Waals surface area contributed by atoms with Gasteiger partial charge in [-0.05, 0) is 20.8 Å². The van der Waals surface area contributed by atoms with Crippen LogP contribution in [-0.4, -0.2) is 55.8 Å². The molecule has 1 saturated heterocycles. The van der Waals surface area contributed by atoms with Gasteiger partial charge in [-0.15, -0.1) is 0 Å². The number of aliphatic hydroxyl groups excluding tert-OH is 1. The number of hydrogen-bond acceptors (Lipinski definition) is 6. The summed E-state index contributed by atoms with van der Waals surface area (Å²) in [6, 6.07) is 0. The largest absolute Gasteiger partial charge is 0.388 e. The van der Waals surface area contributed by atoms with E-state index in [1.54, 1.807) is 6.92 Å². The van der Waals surface area contributed by atoms with Crippen LogP contribution in [0.5, 0.6) is 0 Å². The molecule has 18 heavy (non-hydrogen) atoms. The van der Waals surface area contributed by atoms with Crippen molar-refractivity contribution in [3.63, 3.8) is 0 Å². The van der Waals surface area contributed by atoms with Crippen LogP contribution in [0.15, 0.2) is 0 Å². The molecule has 4 atom stereocenters. The zero-order valence-electron chi connectivity index (χ0n) is 11.1. The van der Waals surface area contributed by atoms with Gasteiger partial charge < -0.3 is 27.1 Å². The summed E-state index contributed by atoms with van der Waals surface area (Å²) in [5.41, 5.74) is 0. The summed E-state index contributed by atoms with van der Waals surface area (Å²) in [4.78, 5) is 0. The maximum Gasteiger partial charge on any atom is 0.183 e. The van der Waals surface area contributed by atoms with Gasteiger partial charge in [-0.3, -0.25) is 0 Å². The summed E-state index contributed by atoms with van der Waals surface area (Å²) >= 11 is 1.81. The summed E-state index contributed by atoms with van der Waals surface area (Å²) in [6.07, 6.45) is -2.04. The van der Waals surface area contributed by atoms with Gasteiger partial charge in [0, 0.05) is 7.11 Å². The van der Waals surface area contributed by atoms with Crippen LogP contribution in [0.1, 0.15) is 20.8 Å². The van der Waals surface area contributed by atoms with Crippen LogP contribution in [0.4, 0.5) is 0 Å². The topological polar surface area (TPSA) is 66.4 Å². The van der Waals surface area contributed by atoms with Crippen molar-refractivity contribution in [1.29, 1.82) is 0 Å². The van der Waals surface area contributed by atoms with E-state index in [1.165, 1.54) is 7.11 Å². The van der Waals surface area contributed by atoms with Gasteiger partial charge in [-0.1, -0.05) is 0 Å². The summed E-state index contributed by atoms with van der Waals surface area (Å²) in [5, 5.41) is 9.50. The van der Waals surface area contributed by atoms with Gasteiger partial charge in [0.25, 0.3) is 0 Å². The lowest BCUT2D eigenvalue weighted by Gasteiger charge is -2.41. The van der Waals surface area contributed by atoms with Crippen LogP contribution in [-0.2, 0) is 22.0 Å². The molecule has 0 aromatic rings. The molecule has 1 N–H and O–H groups in total. The number of halogens is 1. The minimum absolute atomic E-state index is 0.262. The molecule has 0 aliphatic carbocycles. The number of aliphatic hydroxyl groups is 1. The minimum Gasteiger partial charge on any atom is -0.388 e. The van der Waals surface area contributed by atoms with Crippen LogP contribution in [0, 0.1) is 0 Å². The van der Waals surface area contributed by atoms with Gasteiger partial charge in [-0.25, -0.2) is 0 Å². The third-order valence-corrected chi connectivity index (χ3v) is 2.97. The SMILES string of the molecule is CO[C@H](OC1COC(C)(C)O[C@@H]1COI)[C@H](C)O. The monoisotopic (exact) mass is 376 g/mol. The molecule has 6 nitrogen and oxygen atoms in total. The second-order valence-corrected chi connectivity index (χ2v) is 5.28. The Kier molecular flexibility index (Phi) is 6.73. The van der Waals surface area contributed by atoms with E-state index in [-0.39, 0.29) is 12.2 Å². The van der Waals surface area contributed by atoms with Crippen molar-refractivity contribution in [3.05, 3.63) is 0 Å². The van der Waals surface area contributed by atoms with E-state index in [9.17, 15) is 5.11 Å². The highest BCUT2D eigenvalue weighted by Crippen LogP contribution is 2.26. The maximum atomic E-state index is 9.50. The first kappa shape index (κ1) is 16.5. The van der Waals surface area contributed by atoms with Crippen LogP contribution in [0.25, 0.3) is 0 Å². The number of hydrogen-bond donors (Lipinski definition) is 1. The molecule has 1 rings (SSSR count). The van der Waals surface area contributed by atoms with E-state index in [1.807, 2.05) is 36.9 Å². The van der Waals surface area contributed by atoms with E-state index in [2.05, 4.69) is 0 Å². The van der Waals surface area contributed by atoms with Crippen molar-refractivity contribution < 1.29 is 27.1 Å². The van der Waals surface area contributed by atoms with E-state index in [0.717, 1.165) is 0 Å². The van der Waals surface area contributed by atoms with Crippen molar-refractivity contribution >= 4 is 23.0 Å². The summed E-state index contributed by atoms with van der Waals surface area (Å²) in [6.45, 7) is 6.03. The minimum atomic E-state index is -0.730. The second kappa shape index (κ2) is 7.32. The number of ether oxygens (including phenoxy) is 4. The molecule has 0 saturated carbocycles. The molecule has 1 unspecified atom stereocenters. The van der Waals surface area contributed by atoms with Crippen LogP contribution in [0.2, 0.25) is 0 Å². The van der Waals surface area contributed by atoms with E-state index < -0.39 is 18.2 Å². The van der Waals surface area contributed by atoms with Crippen molar-refractivity contribution in [2.24, 2.45) is 0 Å². The fourth-order valence-corrected chi connectivity index (χ4v) is 2.09. The molecule has 0 spiro atoms. The molecule has 1 aliphatic rings. The third-order valence-electron chi connectivity index (χ3n) is 2.61. The highest BCUT2D eigenvalue weighted by atomic mass is 127. The quantitative estimate of drug-likeness (QED) is 0.556. The predicted octanol–water partition coefficient (Wildman–Crippen LogP) is 1.24. The normalized spacial score (nSPS) is 31.0. The molecule has 0 radical (unpaired) electrons. The fourth-order valence-electron chi connectivity index (χ4n) is 1.73. The van der Waals surface area contributed by atoms with Gasteiger partial charge in [0.05, 0.1) is 13.2 Å². The Morgan fingerprint density at radius 1 is 1.50 bits per heavy atom. The molecule has 0 aromatic heterocycles. The summed E-state index contributed by atoms with van der Waals surface area (Å²) < 4.78 is 27.1. The Labute approximate surface area is 122 Å². The van der Waals surface area contributed by atoms with Crippen LogP contribution in [0.3, 0.4) is 0 Å². The van der Waals surface area contributed by atoms with E-state index in [4.69, 9.17) is 22.0 Å². The molecule has 0 amide bonds. The first-order valence-electron chi connectivity index (χ1n) is 5.81. The molecule has 0 aromatic carbocycles. The summed E-state index contributed by atoms with van der Waals surface area (Å²) in [5.74, 6) is -0.660. The Bertz CT molecular complexity index is 248. The standard InChI is InChI=1S/C11H21IO6/c1-7(13)10(14-4)17-8-5-15-11(2,3)18-9(8)6-16-12/h7-10,13H,5-6H2,1-4H3/t7-,8?,9+,10+/m0/s1. The zero-order chi connectivity index (χ0) is 13.8.